The van der Waals surface area contributed by atoms with Crippen molar-refractivity contribution in [2.75, 3.05) is 5.32 Å². The minimum Gasteiger partial charge on any atom is -0.308 e. The van der Waals surface area contributed by atoms with Crippen LogP contribution < -0.4 is 5.32 Å². The predicted molar refractivity (Wildman–Crippen MR) is 103 cm³/mol. The van der Waals surface area contributed by atoms with Gasteiger partial charge in [-0.3, -0.25) is 4.79 Å². The van der Waals surface area contributed by atoms with Gasteiger partial charge in [-0.2, -0.15) is 5.10 Å². The lowest BCUT2D eigenvalue weighted by molar-refractivity contribution is -0.119. The molecule has 0 aliphatic heterocycles. The maximum atomic E-state index is 13.3. The highest BCUT2D eigenvalue weighted by Crippen LogP contribution is 2.66. The van der Waals surface area contributed by atoms with Gasteiger partial charge in [0.2, 0.25) is 5.91 Å². The Morgan fingerprint density at radius 2 is 1.73 bits per heavy atom. The van der Waals surface area contributed by atoms with Crippen molar-refractivity contribution in [3.63, 3.8) is 0 Å². The summed E-state index contributed by atoms with van der Waals surface area (Å²) in [5.41, 5.74) is 1.57. The molecule has 0 saturated heterocycles. The van der Waals surface area contributed by atoms with Gasteiger partial charge in [0, 0.05) is 12.3 Å². The Morgan fingerprint density at radius 3 is 2.35 bits per heavy atom. The molecule has 1 amide bonds. The largest absolute Gasteiger partial charge is 0.308 e. The minimum atomic E-state index is -0.473. The zero-order valence-corrected chi connectivity index (χ0v) is 15.1. The highest BCUT2D eigenvalue weighted by Gasteiger charge is 2.68. The van der Waals surface area contributed by atoms with Gasteiger partial charge in [0.05, 0.1) is 11.1 Å². The fourth-order valence-corrected chi connectivity index (χ4v) is 3.96. The van der Waals surface area contributed by atoms with Crippen molar-refractivity contribution in [3.05, 3.63) is 78.5 Å². The number of nitrogens with one attached hydrogen (secondary N) is 1. The van der Waals surface area contributed by atoms with Crippen molar-refractivity contribution in [2.24, 2.45) is 5.41 Å². The standard InChI is InChI=1S/C22H23N3O/c1-3-21(2)16-22(21,17-10-6-4-7-11-17)20(26)23-19-14-15-25(24-19)18-12-8-5-9-13-18/h4-15H,3,16H2,1-2H3,(H,23,24,26). The van der Waals surface area contributed by atoms with E-state index in [4.69, 9.17) is 0 Å². The minimum absolute atomic E-state index is 0.0135. The van der Waals surface area contributed by atoms with E-state index in [0.717, 1.165) is 24.1 Å². The van der Waals surface area contributed by atoms with Crippen molar-refractivity contribution < 1.29 is 4.79 Å². The van der Waals surface area contributed by atoms with E-state index < -0.39 is 5.41 Å². The van der Waals surface area contributed by atoms with Crippen LogP contribution in [0.15, 0.2) is 72.9 Å². The van der Waals surface area contributed by atoms with Crippen LogP contribution in [-0.2, 0) is 10.2 Å². The molecule has 1 fully saturated rings. The molecule has 0 spiro atoms. The second-order valence-corrected chi connectivity index (χ2v) is 7.30. The molecule has 0 bridgehead atoms. The molecular formula is C22H23N3O. The molecule has 4 nitrogen and oxygen atoms in total. The molecule has 26 heavy (non-hydrogen) atoms. The first-order chi connectivity index (χ1) is 12.6. The van der Waals surface area contributed by atoms with Crippen molar-refractivity contribution in [3.8, 4) is 5.69 Å². The number of carbonyl (C=O) groups excluding carboxylic acids is 1. The number of benzene rings is 2. The van der Waals surface area contributed by atoms with Crippen molar-refractivity contribution in [2.45, 2.75) is 32.1 Å². The number of hydrogen-bond acceptors (Lipinski definition) is 2. The number of hydrogen-bond donors (Lipinski definition) is 1. The first-order valence-corrected chi connectivity index (χ1v) is 9.07. The summed E-state index contributed by atoms with van der Waals surface area (Å²) in [6, 6.07) is 21.8. The van der Waals surface area contributed by atoms with Crippen LogP contribution in [0.1, 0.15) is 32.3 Å². The number of amides is 1. The van der Waals surface area contributed by atoms with E-state index in [0.29, 0.717) is 5.82 Å². The van der Waals surface area contributed by atoms with E-state index >= 15 is 0 Å². The third-order valence-corrected chi connectivity index (χ3v) is 5.85. The highest BCUT2D eigenvalue weighted by molar-refractivity contribution is 6.02. The van der Waals surface area contributed by atoms with Crippen LogP contribution in [0.2, 0.25) is 0 Å². The topological polar surface area (TPSA) is 46.9 Å². The molecule has 4 rings (SSSR count). The molecule has 2 unspecified atom stereocenters. The molecule has 4 heteroatoms. The number of nitrogens with zero attached hydrogens (tertiary/aromatic N) is 2. The SMILES string of the molecule is CCC1(C)CC1(C(=O)Nc1ccn(-c2ccccc2)n1)c1ccccc1. The normalized spacial score (nSPS) is 24.2. The number of aromatic nitrogens is 2. The van der Waals surface area contributed by atoms with E-state index in [1.54, 1.807) is 4.68 Å². The molecule has 3 aromatic rings. The summed E-state index contributed by atoms with van der Waals surface area (Å²) in [4.78, 5) is 13.3. The second-order valence-electron chi connectivity index (χ2n) is 7.30. The van der Waals surface area contributed by atoms with Crippen LogP contribution in [0.25, 0.3) is 5.69 Å². The van der Waals surface area contributed by atoms with Gasteiger partial charge in [0.25, 0.3) is 0 Å². The van der Waals surface area contributed by atoms with Crippen LogP contribution in [0.3, 0.4) is 0 Å². The number of rotatable bonds is 5. The smallest absolute Gasteiger partial charge is 0.236 e. The maximum Gasteiger partial charge on any atom is 0.236 e. The van der Waals surface area contributed by atoms with Crippen molar-refractivity contribution >= 4 is 11.7 Å². The monoisotopic (exact) mass is 345 g/mol. The average molecular weight is 345 g/mol. The van der Waals surface area contributed by atoms with Gasteiger partial charge in [-0.1, -0.05) is 62.4 Å². The van der Waals surface area contributed by atoms with E-state index in [9.17, 15) is 4.79 Å². The lowest BCUT2D eigenvalue weighted by Gasteiger charge is -2.21. The lowest BCUT2D eigenvalue weighted by Crippen LogP contribution is -2.33. The zero-order chi connectivity index (χ0) is 18.2. The van der Waals surface area contributed by atoms with E-state index in [2.05, 4.69) is 36.4 Å². The summed E-state index contributed by atoms with van der Waals surface area (Å²) in [5.74, 6) is 0.617. The van der Waals surface area contributed by atoms with E-state index in [1.807, 2.05) is 60.8 Å². The maximum absolute atomic E-state index is 13.3. The Balaban J connectivity index is 1.60. The lowest BCUT2D eigenvalue weighted by atomic mass is 9.84. The Bertz CT molecular complexity index is 919. The third kappa shape index (κ3) is 2.53. The molecule has 1 saturated carbocycles. The summed E-state index contributed by atoms with van der Waals surface area (Å²) < 4.78 is 1.77. The first kappa shape index (κ1) is 16.6. The van der Waals surface area contributed by atoms with Gasteiger partial charge < -0.3 is 5.32 Å². The molecule has 1 aliphatic carbocycles. The number of anilines is 1. The molecule has 0 radical (unpaired) electrons. The quantitative estimate of drug-likeness (QED) is 0.736. The summed E-state index contributed by atoms with van der Waals surface area (Å²) in [5, 5.41) is 7.57. The van der Waals surface area contributed by atoms with Gasteiger partial charge in [0.1, 0.15) is 0 Å². The molecule has 1 aliphatic rings. The Morgan fingerprint density at radius 1 is 1.08 bits per heavy atom. The van der Waals surface area contributed by atoms with Gasteiger partial charge in [0.15, 0.2) is 5.82 Å². The summed E-state index contributed by atoms with van der Waals surface area (Å²) >= 11 is 0. The average Bonchev–Trinajstić information content (AvgIpc) is 3.08. The summed E-state index contributed by atoms with van der Waals surface area (Å²) in [6.45, 7) is 4.35. The molecule has 2 aromatic carbocycles. The van der Waals surface area contributed by atoms with Gasteiger partial charge in [-0.15, -0.1) is 0 Å². The fraction of sp³-hybridized carbons (Fsp3) is 0.273. The molecule has 1 heterocycles. The molecule has 132 valence electrons. The molecular weight excluding hydrogens is 322 g/mol. The van der Waals surface area contributed by atoms with E-state index in [1.165, 1.54) is 0 Å². The highest BCUT2D eigenvalue weighted by atomic mass is 16.2. The predicted octanol–water partition coefficient (Wildman–Crippen LogP) is 4.57. The van der Waals surface area contributed by atoms with Gasteiger partial charge in [-0.05, 0) is 36.0 Å². The van der Waals surface area contributed by atoms with Crippen LogP contribution in [0, 0.1) is 5.41 Å². The van der Waals surface area contributed by atoms with Crippen LogP contribution in [0.5, 0.6) is 0 Å². The summed E-state index contributed by atoms with van der Waals surface area (Å²) in [6.07, 6.45) is 3.70. The number of carbonyl (C=O) groups is 1. The van der Waals surface area contributed by atoms with Crippen LogP contribution in [0.4, 0.5) is 5.82 Å². The third-order valence-electron chi connectivity index (χ3n) is 5.85. The van der Waals surface area contributed by atoms with Crippen LogP contribution in [-0.4, -0.2) is 15.7 Å². The fourth-order valence-electron chi connectivity index (χ4n) is 3.96. The second kappa shape index (κ2) is 6.13. The van der Waals surface area contributed by atoms with E-state index in [-0.39, 0.29) is 11.3 Å². The van der Waals surface area contributed by atoms with Gasteiger partial charge in [-0.25, -0.2) is 4.68 Å². The van der Waals surface area contributed by atoms with Crippen LogP contribution >= 0.6 is 0 Å². The first-order valence-electron chi connectivity index (χ1n) is 9.07. The molecule has 1 N–H and O–H groups in total. The molecule has 2 atom stereocenters. The van der Waals surface area contributed by atoms with Crippen molar-refractivity contribution in [1.29, 1.82) is 0 Å². The Hall–Kier alpha value is -2.88. The molecule has 1 aromatic heterocycles. The van der Waals surface area contributed by atoms with Crippen molar-refractivity contribution in [1.82, 2.24) is 9.78 Å². The Labute approximate surface area is 153 Å². The zero-order valence-electron chi connectivity index (χ0n) is 15.1. The van der Waals surface area contributed by atoms with Gasteiger partial charge >= 0.3 is 0 Å². The summed E-state index contributed by atoms with van der Waals surface area (Å²) in [7, 11) is 0. The Kier molecular flexibility index (Phi) is 3.91. The number of para-hydroxylation sites is 1.